The number of aryl methyl sites for hydroxylation is 3. The molecule has 0 saturated heterocycles. The highest BCUT2D eigenvalue weighted by Crippen LogP contribution is 2.37. The highest BCUT2D eigenvalue weighted by molar-refractivity contribution is 6.23. The lowest BCUT2D eigenvalue weighted by molar-refractivity contribution is -0.644. The van der Waals surface area contributed by atoms with Gasteiger partial charge in [-0.2, -0.15) is 4.57 Å². The third-order valence-corrected chi connectivity index (χ3v) is 5.40. The standard InChI is InChI=1S/C25H21N2/c1-16-13-19(18-9-5-4-6-10-18)14-22-20-11-7-8-12-21(20)24-25(23(16)22)27(3)15-17(2)26-24/h4-15H,1-3H3/q+1. The van der Waals surface area contributed by atoms with E-state index in [1.165, 1.54) is 43.8 Å². The van der Waals surface area contributed by atoms with Gasteiger partial charge < -0.3 is 0 Å². The lowest BCUT2D eigenvalue weighted by Crippen LogP contribution is -2.30. The van der Waals surface area contributed by atoms with Crippen LogP contribution in [0.15, 0.2) is 72.9 Å². The van der Waals surface area contributed by atoms with Gasteiger partial charge in [-0.15, -0.1) is 0 Å². The molecule has 0 fully saturated rings. The number of hydrogen-bond donors (Lipinski definition) is 0. The van der Waals surface area contributed by atoms with Gasteiger partial charge in [-0.3, -0.25) is 0 Å². The molecule has 0 aliphatic carbocycles. The maximum absolute atomic E-state index is 4.92. The normalized spacial score (nSPS) is 11.5. The van der Waals surface area contributed by atoms with Crippen LogP contribution in [0.5, 0.6) is 0 Å². The number of fused-ring (bicyclic) bond motifs is 6. The Labute approximate surface area is 158 Å². The Bertz CT molecular complexity index is 1340. The Morgan fingerprint density at radius 3 is 2.22 bits per heavy atom. The van der Waals surface area contributed by atoms with Crippen molar-refractivity contribution >= 4 is 32.6 Å². The summed E-state index contributed by atoms with van der Waals surface area (Å²) in [6, 6.07) is 23.9. The summed E-state index contributed by atoms with van der Waals surface area (Å²) >= 11 is 0. The van der Waals surface area contributed by atoms with E-state index in [1.54, 1.807) is 0 Å². The average Bonchev–Trinajstić information content (AvgIpc) is 2.68. The average molecular weight is 349 g/mol. The molecule has 0 amide bonds. The van der Waals surface area contributed by atoms with Crippen molar-refractivity contribution < 1.29 is 4.57 Å². The fourth-order valence-corrected chi connectivity index (χ4v) is 4.29. The maximum atomic E-state index is 4.92. The van der Waals surface area contributed by atoms with Gasteiger partial charge in [0.05, 0.1) is 5.39 Å². The second-order valence-electron chi connectivity index (χ2n) is 7.32. The predicted molar refractivity (Wildman–Crippen MR) is 113 cm³/mol. The molecular weight excluding hydrogens is 328 g/mol. The van der Waals surface area contributed by atoms with E-state index in [-0.39, 0.29) is 0 Å². The van der Waals surface area contributed by atoms with Crippen LogP contribution in [0.25, 0.3) is 43.7 Å². The van der Waals surface area contributed by atoms with Crippen LogP contribution in [0.3, 0.4) is 0 Å². The minimum absolute atomic E-state index is 1.04. The Kier molecular flexibility index (Phi) is 3.48. The van der Waals surface area contributed by atoms with Crippen molar-refractivity contribution in [2.24, 2.45) is 7.05 Å². The fourth-order valence-electron chi connectivity index (χ4n) is 4.29. The molecule has 0 spiro atoms. The zero-order valence-corrected chi connectivity index (χ0v) is 15.8. The molecule has 1 aromatic heterocycles. The molecule has 2 nitrogen and oxygen atoms in total. The highest BCUT2D eigenvalue weighted by atomic mass is 15.0. The Balaban J connectivity index is 2.04. The van der Waals surface area contributed by atoms with E-state index in [1.807, 2.05) is 0 Å². The topological polar surface area (TPSA) is 16.8 Å². The van der Waals surface area contributed by atoms with Gasteiger partial charge in [0.25, 0.3) is 0 Å². The van der Waals surface area contributed by atoms with E-state index in [4.69, 9.17) is 4.98 Å². The Morgan fingerprint density at radius 1 is 0.741 bits per heavy atom. The van der Waals surface area contributed by atoms with Crippen LogP contribution in [0, 0.1) is 13.8 Å². The molecule has 0 saturated carbocycles. The van der Waals surface area contributed by atoms with Crippen molar-refractivity contribution in [3.8, 4) is 11.1 Å². The van der Waals surface area contributed by atoms with Gasteiger partial charge in [0, 0.05) is 5.39 Å². The van der Waals surface area contributed by atoms with E-state index < -0.39 is 0 Å². The van der Waals surface area contributed by atoms with Crippen molar-refractivity contribution in [2.45, 2.75) is 13.8 Å². The highest BCUT2D eigenvalue weighted by Gasteiger charge is 2.19. The molecule has 5 rings (SSSR count). The second-order valence-corrected chi connectivity index (χ2v) is 7.32. The van der Waals surface area contributed by atoms with Crippen LogP contribution in [0.2, 0.25) is 0 Å². The molecule has 1 heterocycles. The molecular formula is C25H21N2+. The zero-order valence-electron chi connectivity index (χ0n) is 15.8. The number of nitrogens with zero attached hydrogens (tertiary/aromatic N) is 2. The molecule has 0 N–H and O–H groups in total. The molecule has 5 aromatic rings. The van der Waals surface area contributed by atoms with Gasteiger partial charge in [0.15, 0.2) is 6.20 Å². The third kappa shape index (κ3) is 2.41. The molecule has 4 aromatic carbocycles. The summed E-state index contributed by atoms with van der Waals surface area (Å²) in [7, 11) is 2.12. The molecule has 0 aliphatic heterocycles. The molecule has 0 radical (unpaired) electrons. The Hall–Kier alpha value is -3.26. The first kappa shape index (κ1) is 16.0. The Morgan fingerprint density at radius 2 is 1.44 bits per heavy atom. The lowest BCUT2D eigenvalue weighted by atomic mass is 9.92. The summed E-state index contributed by atoms with van der Waals surface area (Å²) in [5.74, 6) is 0. The van der Waals surface area contributed by atoms with Crippen LogP contribution in [-0.2, 0) is 7.05 Å². The summed E-state index contributed by atoms with van der Waals surface area (Å²) in [5, 5.41) is 5.06. The smallest absolute Gasteiger partial charge is 0.239 e. The summed E-state index contributed by atoms with van der Waals surface area (Å²) in [5.41, 5.74) is 7.10. The SMILES string of the molecule is Cc1c[n+](C)c2c(n1)c1ccccc1c1cc(-c3ccccc3)cc(C)c12. The summed E-state index contributed by atoms with van der Waals surface area (Å²) in [6.45, 7) is 4.27. The van der Waals surface area contributed by atoms with Crippen molar-refractivity contribution in [3.05, 3.63) is 84.2 Å². The van der Waals surface area contributed by atoms with Crippen molar-refractivity contribution in [3.63, 3.8) is 0 Å². The molecule has 2 heteroatoms. The van der Waals surface area contributed by atoms with Crippen molar-refractivity contribution in [1.29, 1.82) is 0 Å². The van der Waals surface area contributed by atoms with Gasteiger partial charge in [0.2, 0.25) is 5.52 Å². The molecule has 130 valence electrons. The van der Waals surface area contributed by atoms with Crippen molar-refractivity contribution in [1.82, 2.24) is 4.98 Å². The van der Waals surface area contributed by atoms with Gasteiger partial charge in [-0.25, -0.2) is 4.98 Å². The van der Waals surface area contributed by atoms with Gasteiger partial charge in [-0.1, -0.05) is 60.7 Å². The fraction of sp³-hybridized carbons (Fsp3) is 0.120. The molecule has 0 atom stereocenters. The number of aromatic nitrogens is 2. The quantitative estimate of drug-likeness (QED) is 0.282. The van der Waals surface area contributed by atoms with Crippen LogP contribution >= 0.6 is 0 Å². The largest absolute Gasteiger partial charge is 0.240 e. The first-order valence-electron chi connectivity index (χ1n) is 9.31. The van der Waals surface area contributed by atoms with Gasteiger partial charge in [-0.05, 0) is 47.4 Å². The van der Waals surface area contributed by atoms with Gasteiger partial charge in [0.1, 0.15) is 18.3 Å². The monoisotopic (exact) mass is 349 g/mol. The van der Waals surface area contributed by atoms with Crippen LogP contribution in [0.4, 0.5) is 0 Å². The van der Waals surface area contributed by atoms with E-state index in [0.29, 0.717) is 0 Å². The lowest BCUT2D eigenvalue weighted by Gasteiger charge is -2.13. The van der Waals surface area contributed by atoms with Crippen LogP contribution in [-0.4, -0.2) is 4.98 Å². The molecule has 27 heavy (non-hydrogen) atoms. The van der Waals surface area contributed by atoms with E-state index >= 15 is 0 Å². The summed E-state index contributed by atoms with van der Waals surface area (Å²) in [6.07, 6.45) is 2.11. The first-order chi connectivity index (χ1) is 13.1. The number of benzene rings is 4. The van der Waals surface area contributed by atoms with E-state index in [9.17, 15) is 0 Å². The summed E-state index contributed by atoms with van der Waals surface area (Å²) < 4.78 is 2.22. The zero-order chi connectivity index (χ0) is 18.5. The second kappa shape index (κ2) is 5.88. The number of hydrogen-bond acceptors (Lipinski definition) is 1. The van der Waals surface area contributed by atoms with E-state index in [0.717, 1.165) is 11.2 Å². The van der Waals surface area contributed by atoms with Crippen molar-refractivity contribution in [2.75, 3.05) is 0 Å². The minimum atomic E-state index is 1.04. The van der Waals surface area contributed by atoms with E-state index in [2.05, 4.69) is 98.4 Å². The summed E-state index contributed by atoms with van der Waals surface area (Å²) in [4.78, 5) is 4.92. The molecule has 0 unspecified atom stereocenters. The molecule has 0 bridgehead atoms. The third-order valence-electron chi connectivity index (χ3n) is 5.40. The van der Waals surface area contributed by atoms with Crippen LogP contribution < -0.4 is 4.57 Å². The maximum Gasteiger partial charge on any atom is 0.239 e. The van der Waals surface area contributed by atoms with Gasteiger partial charge >= 0.3 is 0 Å². The molecule has 0 aliphatic rings. The minimum Gasteiger partial charge on any atom is -0.240 e. The predicted octanol–water partition coefficient (Wildman–Crippen LogP) is 5.65. The first-order valence-corrected chi connectivity index (χ1v) is 9.31. The number of rotatable bonds is 1. The van der Waals surface area contributed by atoms with Crippen LogP contribution in [0.1, 0.15) is 11.3 Å².